The Labute approximate surface area is 85.0 Å². The van der Waals surface area contributed by atoms with Crippen LogP contribution >= 0.6 is 21.3 Å². The molecule has 76 valence electrons. The number of hydrogen-bond donors (Lipinski definition) is 0. The van der Waals surface area contributed by atoms with E-state index >= 15 is 0 Å². The van der Waals surface area contributed by atoms with Crippen LogP contribution in [0.5, 0.6) is 0 Å². The molecule has 0 aromatic heterocycles. The molecule has 0 spiro atoms. The molecule has 0 saturated carbocycles. The smallest absolute Gasteiger partial charge is 0.0239 e. The lowest BCUT2D eigenvalue weighted by atomic mass is 10.7. The summed E-state index contributed by atoms with van der Waals surface area (Å²) in [6, 6.07) is 0. The molecule has 0 aliphatic rings. The summed E-state index contributed by atoms with van der Waals surface area (Å²) in [6.45, 7) is 13.6. The Balaban J connectivity index is 0. The highest BCUT2D eigenvalue weighted by Gasteiger charge is 2.03. The van der Waals surface area contributed by atoms with E-state index in [0.717, 1.165) is 8.88 Å². The van der Waals surface area contributed by atoms with E-state index in [1.165, 1.54) is 26.2 Å². The van der Waals surface area contributed by atoms with Gasteiger partial charge >= 0.3 is 0 Å². The zero-order valence-electron chi connectivity index (χ0n) is 8.63. The summed E-state index contributed by atoms with van der Waals surface area (Å²) in [4.78, 5) is 0. The highest BCUT2D eigenvalue weighted by Crippen LogP contribution is 2.21. The number of hydrogen-bond acceptors (Lipinski definition) is 2. The Morgan fingerprint density at radius 1 is 0.750 bits per heavy atom. The Kier molecular flexibility index (Phi) is 12.3. The normalized spacial score (nSPS) is 10.5. The molecule has 12 heavy (non-hydrogen) atoms. The van der Waals surface area contributed by atoms with Crippen molar-refractivity contribution in [3.8, 4) is 0 Å². The van der Waals surface area contributed by atoms with Gasteiger partial charge < -0.3 is 0 Å². The fourth-order valence-electron chi connectivity index (χ4n) is 0.930. The van der Waals surface area contributed by atoms with Gasteiger partial charge in [0.15, 0.2) is 0 Å². The largest absolute Gasteiger partial charge is 0.273 e. The van der Waals surface area contributed by atoms with Gasteiger partial charge in [0, 0.05) is 35.1 Å². The van der Waals surface area contributed by atoms with Crippen molar-refractivity contribution in [2.24, 2.45) is 0 Å². The SMILES string of the molecule is CCN(CC)PN(CC)CC.Cl. The summed E-state index contributed by atoms with van der Waals surface area (Å²) in [5.41, 5.74) is 0. The molecule has 4 heteroatoms. The van der Waals surface area contributed by atoms with Gasteiger partial charge in [-0.2, -0.15) is 0 Å². The molecule has 0 heterocycles. The van der Waals surface area contributed by atoms with Gasteiger partial charge in [0.1, 0.15) is 0 Å². The maximum atomic E-state index is 2.47. The molecular weight excluding hydrogens is 191 g/mol. The maximum absolute atomic E-state index is 2.47. The Morgan fingerprint density at radius 2 is 1.00 bits per heavy atom. The van der Waals surface area contributed by atoms with Crippen LogP contribution in [0.25, 0.3) is 0 Å². The van der Waals surface area contributed by atoms with E-state index in [1.54, 1.807) is 0 Å². The summed E-state index contributed by atoms with van der Waals surface area (Å²) in [7, 11) is 0.881. The van der Waals surface area contributed by atoms with Gasteiger partial charge in [-0.25, -0.2) is 0 Å². The molecule has 0 aliphatic carbocycles. The Hall–Kier alpha value is 0.640. The fourth-order valence-corrected chi connectivity index (χ4v) is 1.90. The highest BCUT2D eigenvalue weighted by atomic mass is 35.5. The van der Waals surface area contributed by atoms with Gasteiger partial charge in [-0.1, -0.05) is 27.7 Å². The molecule has 0 fully saturated rings. The molecule has 0 unspecified atom stereocenters. The van der Waals surface area contributed by atoms with E-state index in [4.69, 9.17) is 0 Å². The van der Waals surface area contributed by atoms with Gasteiger partial charge in [-0.05, 0) is 0 Å². The second kappa shape index (κ2) is 9.73. The first-order chi connectivity index (χ1) is 5.28. The summed E-state index contributed by atoms with van der Waals surface area (Å²) in [5, 5.41) is 0. The molecule has 0 amide bonds. The minimum absolute atomic E-state index is 0. The van der Waals surface area contributed by atoms with Crippen LogP contribution in [0.3, 0.4) is 0 Å². The van der Waals surface area contributed by atoms with E-state index in [1.807, 2.05) is 0 Å². The Bertz CT molecular complexity index is 75.1. The zero-order valence-corrected chi connectivity index (χ0v) is 10.4. The Morgan fingerprint density at radius 3 is 1.17 bits per heavy atom. The van der Waals surface area contributed by atoms with Crippen molar-refractivity contribution in [2.45, 2.75) is 27.7 Å². The molecule has 0 bridgehead atoms. The van der Waals surface area contributed by atoms with E-state index in [0.29, 0.717) is 0 Å². The van der Waals surface area contributed by atoms with Crippen LogP contribution < -0.4 is 0 Å². The first-order valence-corrected chi connectivity index (χ1v) is 5.43. The molecule has 0 N–H and O–H groups in total. The number of nitrogens with zero attached hydrogens (tertiary/aromatic N) is 2. The van der Waals surface area contributed by atoms with E-state index < -0.39 is 0 Å². The third-order valence-corrected chi connectivity index (χ3v) is 3.64. The van der Waals surface area contributed by atoms with Gasteiger partial charge in [0.05, 0.1) is 0 Å². The lowest BCUT2D eigenvalue weighted by Gasteiger charge is -2.26. The average Bonchev–Trinajstić information content (AvgIpc) is 2.07. The average molecular weight is 213 g/mol. The van der Waals surface area contributed by atoms with Gasteiger partial charge in [-0.3, -0.25) is 9.34 Å². The van der Waals surface area contributed by atoms with E-state index in [2.05, 4.69) is 37.0 Å². The van der Waals surface area contributed by atoms with Crippen LogP contribution in [-0.4, -0.2) is 35.5 Å². The summed E-state index contributed by atoms with van der Waals surface area (Å²) < 4.78 is 4.93. The summed E-state index contributed by atoms with van der Waals surface area (Å²) in [6.07, 6.45) is 0. The molecule has 0 rings (SSSR count). The van der Waals surface area contributed by atoms with Crippen LogP contribution in [0.4, 0.5) is 0 Å². The molecule has 0 atom stereocenters. The van der Waals surface area contributed by atoms with Crippen molar-refractivity contribution in [3.05, 3.63) is 0 Å². The predicted molar refractivity (Wildman–Crippen MR) is 61.4 cm³/mol. The summed E-state index contributed by atoms with van der Waals surface area (Å²) in [5.74, 6) is 0. The predicted octanol–water partition coefficient (Wildman–Crippen LogP) is 2.60. The van der Waals surface area contributed by atoms with Crippen molar-refractivity contribution in [2.75, 3.05) is 26.2 Å². The highest BCUT2D eigenvalue weighted by molar-refractivity contribution is 7.32. The van der Waals surface area contributed by atoms with E-state index in [-0.39, 0.29) is 12.4 Å². The molecule has 0 radical (unpaired) electrons. The zero-order chi connectivity index (χ0) is 8.69. The first-order valence-electron chi connectivity index (χ1n) is 4.54. The molecule has 0 aromatic rings. The van der Waals surface area contributed by atoms with Crippen molar-refractivity contribution < 1.29 is 0 Å². The third kappa shape index (κ3) is 6.19. The van der Waals surface area contributed by atoms with Gasteiger partial charge in [-0.15, -0.1) is 12.4 Å². The van der Waals surface area contributed by atoms with Gasteiger partial charge in [0.2, 0.25) is 0 Å². The molecular formula is C8H22ClN2P. The van der Waals surface area contributed by atoms with Crippen LogP contribution in [0.1, 0.15) is 27.7 Å². The van der Waals surface area contributed by atoms with Crippen LogP contribution in [0, 0.1) is 0 Å². The minimum Gasteiger partial charge on any atom is -0.273 e. The van der Waals surface area contributed by atoms with Crippen molar-refractivity contribution >= 4 is 21.3 Å². The first kappa shape index (κ1) is 15.1. The quantitative estimate of drug-likeness (QED) is 0.625. The van der Waals surface area contributed by atoms with Crippen LogP contribution in [-0.2, 0) is 0 Å². The lowest BCUT2D eigenvalue weighted by molar-refractivity contribution is 0.439. The monoisotopic (exact) mass is 212 g/mol. The molecule has 2 nitrogen and oxygen atoms in total. The minimum atomic E-state index is 0. The second-order valence-corrected chi connectivity index (χ2v) is 3.91. The van der Waals surface area contributed by atoms with Gasteiger partial charge in [0.25, 0.3) is 0 Å². The van der Waals surface area contributed by atoms with Crippen molar-refractivity contribution in [1.82, 2.24) is 9.34 Å². The molecule has 0 aliphatic heterocycles. The fraction of sp³-hybridized carbons (Fsp3) is 1.00. The molecule has 0 saturated heterocycles. The van der Waals surface area contributed by atoms with Crippen LogP contribution in [0.2, 0.25) is 0 Å². The topological polar surface area (TPSA) is 6.48 Å². The second-order valence-electron chi connectivity index (χ2n) is 2.44. The summed E-state index contributed by atoms with van der Waals surface area (Å²) >= 11 is 0. The van der Waals surface area contributed by atoms with Crippen LogP contribution in [0.15, 0.2) is 0 Å². The lowest BCUT2D eigenvalue weighted by Crippen LogP contribution is -2.22. The number of rotatable bonds is 6. The maximum Gasteiger partial charge on any atom is 0.0239 e. The third-order valence-electron chi connectivity index (χ3n) is 1.81. The number of halogens is 1. The standard InChI is InChI=1S/C8H21N2P.ClH/c1-5-9(6-2)11-10(7-3)8-4;/h11H,5-8H2,1-4H3;1H. The molecule has 0 aromatic carbocycles. The van der Waals surface area contributed by atoms with Crippen molar-refractivity contribution in [1.29, 1.82) is 0 Å². The van der Waals surface area contributed by atoms with Crippen molar-refractivity contribution in [3.63, 3.8) is 0 Å². The van der Waals surface area contributed by atoms with E-state index in [9.17, 15) is 0 Å².